The SMILES string of the molecule is CCN1CCCC1CNCc1ccc(C(=O)O)cc1Br. The number of carboxylic acids is 1. The molecule has 1 fully saturated rings. The predicted octanol–water partition coefficient (Wildman–Crippen LogP) is 2.72. The Morgan fingerprint density at radius 2 is 2.35 bits per heavy atom. The standard InChI is InChI=1S/C15H21BrN2O2/c1-2-18-7-3-4-13(18)10-17-9-12-6-5-11(15(19)20)8-14(12)16/h5-6,8,13,17H,2-4,7,9-10H2,1H3,(H,19,20). The van der Waals surface area contributed by atoms with Gasteiger partial charge in [-0.15, -0.1) is 0 Å². The molecule has 1 aromatic rings. The summed E-state index contributed by atoms with van der Waals surface area (Å²) in [5, 5.41) is 12.4. The minimum absolute atomic E-state index is 0.313. The van der Waals surface area contributed by atoms with E-state index in [4.69, 9.17) is 5.11 Å². The van der Waals surface area contributed by atoms with E-state index in [1.807, 2.05) is 6.07 Å². The van der Waals surface area contributed by atoms with Crippen molar-refractivity contribution in [3.63, 3.8) is 0 Å². The van der Waals surface area contributed by atoms with Crippen LogP contribution in [0, 0.1) is 0 Å². The maximum absolute atomic E-state index is 10.9. The van der Waals surface area contributed by atoms with E-state index in [9.17, 15) is 4.79 Å². The van der Waals surface area contributed by atoms with Gasteiger partial charge in [0.2, 0.25) is 0 Å². The fourth-order valence-corrected chi connectivity index (χ4v) is 3.26. The molecule has 1 atom stereocenters. The fraction of sp³-hybridized carbons (Fsp3) is 0.533. The van der Waals surface area contributed by atoms with Gasteiger partial charge in [-0.1, -0.05) is 28.9 Å². The third kappa shape index (κ3) is 3.81. The number of carboxylic acid groups (broad SMARTS) is 1. The van der Waals surface area contributed by atoms with Gasteiger partial charge in [-0.3, -0.25) is 4.90 Å². The molecule has 1 aromatic carbocycles. The fourth-order valence-electron chi connectivity index (χ4n) is 2.74. The summed E-state index contributed by atoms with van der Waals surface area (Å²) < 4.78 is 0.851. The van der Waals surface area contributed by atoms with Gasteiger partial charge in [0, 0.05) is 23.6 Å². The molecule has 1 aliphatic heterocycles. The van der Waals surface area contributed by atoms with Gasteiger partial charge in [-0.2, -0.15) is 0 Å². The Labute approximate surface area is 128 Å². The Balaban J connectivity index is 1.86. The number of likely N-dealkylation sites (tertiary alicyclic amines) is 1. The first-order chi connectivity index (χ1) is 9.61. The molecule has 0 bridgehead atoms. The summed E-state index contributed by atoms with van der Waals surface area (Å²) in [6.07, 6.45) is 2.55. The Bertz CT molecular complexity index is 479. The zero-order valence-electron chi connectivity index (χ0n) is 11.7. The van der Waals surface area contributed by atoms with Crippen LogP contribution in [0.5, 0.6) is 0 Å². The van der Waals surface area contributed by atoms with Crippen LogP contribution in [-0.4, -0.2) is 41.7 Å². The molecule has 1 aliphatic rings. The number of rotatable bonds is 6. The second-order valence-corrected chi connectivity index (χ2v) is 6.02. The lowest BCUT2D eigenvalue weighted by molar-refractivity contribution is 0.0697. The number of likely N-dealkylation sites (N-methyl/N-ethyl adjacent to an activating group) is 1. The largest absolute Gasteiger partial charge is 0.478 e. The molecule has 0 radical (unpaired) electrons. The van der Waals surface area contributed by atoms with E-state index < -0.39 is 5.97 Å². The van der Waals surface area contributed by atoms with Gasteiger partial charge in [-0.25, -0.2) is 4.79 Å². The van der Waals surface area contributed by atoms with Crippen LogP contribution in [0.1, 0.15) is 35.7 Å². The van der Waals surface area contributed by atoms with E-state index in [1.165, 1.54) is 19.4 Å². The summed E-state index contributed by atoms with van der Waals surface area (Å²) >= 11 is 3.44. The van der Waals surface area contributed by atoms with Crippen LogP contribution in [0.3, 0.4) is 0 Å². The zero-order valence-corrected chi connectivity index (χ0v) is 13.3. The molecule has 110 valence electrons. The molecule has 0 saturated carbocycles. The highest BCUT2D eigenvalue weighted by atomic mass is 79.9. The lowest BCUT2D eigenvalue weighted by Crippen LogP contribution is -2.37. The number of nitrogens with zero attached hydrogens (tertiary/aromatic N) is 1. The van der Waals surface area contributed by atoms with Gasteiger partial charge >= 0.3 is 5.97 Å². The van der Waals surface area contributed by atoms with E-state index >= 15 is 0 Å². The van der Waals surface area contributed by atoms with E-state index in [0.29, 0.717) is 11.6 Å². The second kappa shape index (κ2) is 7.20. The van der Waals surface area contributed by atoms with Crippen LogP contribution < -0.4 is 5.32 Å². The van der Waals surface area contributed by atoms with Crippen LogP contribution in [0.15, 0.2) is 22.7 Å². The van der Waals surface area contributed by atoms with E-state index in [2.05, 4.69) is 33.1 Å². The number of halogens is 1. The van der Waals surface area contributed by atoms with E-state index in [-0.39, 0.29) is 0 Å². The summed E-state index contributed by atoms with van der Waals surface area (Å²) in [6, 6.07) is 5.81. The topological polar surface area (TPSA) is 52.6 Å². The molecule has 1 heterocycles. The summed E-state index contributed by atoms with van der Waals surface area (Å²) in [5.74, 6) is -0.894. The van der Waals surface area contributed by atoms with Gasteiger partial charge in [0.05, 0.1) is 5.56 Å². The maximum Gasteiger partial charge on any atom is 0.335 e. The molecule has 4 nitrogen and oxygen atoms in total. The maximum atomic E-state index is 10.9. The summed E-state index contributed by atoms with van der Waals surface area (Å²) in [4.78, 5) is 13.4. The molecule has 0 aromatic heterocycles. The van der Waals surface area contributed by atoms with E-state index in [0.717, 1.165) is 29.7 Å². The van der Waals surface area contributed by atoms with Crippen molar-refractivity contribution in [1.82, 2.24) is 10.2 Å². The number of aromatic carboxylic acids is 1. The number of benzene rings is 1. The first kappa shape index (κ1) is 15.5. The molecule has 5 heteroatoms. The summed E-state index contributed by atoms with van der Waals surface area (Å²) in [5.41, 5.74) is 1.41. The van der Waals surface area contributed by atoms with Crippen molar-refractivity contribution >= 4 is 21.9 Å². The Hall–Kier alpha value is -0.910. The summed E-state index contributed by atoms with van der Waals surface area (Å²) in [7, 11) is 0. The normalized spacial score (nSPS) is 19.4. The highest BCUT2D eigenvalue weighted by Crippen LogP contribution is 2.19. The average Bonchev–Trinajstić information content (AvgIpc) is 2.87. The lowest BCUT2D eigenvalue weighted by Gasteiger charge is -2.23. The van der Waals surface area contributed by atoms with Crippen LogP contribution in [0.4, 0.5) is 0 Å². The predicted molar refractivity (Wildman–Crippen MR) is 83.1 cm³/mol. The Morgan fingerprint density at radius 1 is 1.55 bits per heavy atom. The van der Waals surface area contributed by atoms with Crippen molar-refractivity contribution in [2.75, 3.05) is 19.6 Å². The number of hydrogen-bond acceptors (Lipinski definition) is 3. The summed E-state index contributed by atoms with van der Waals surface area (Å²) in [6.45, 7) is 6.28. The molecule has 1 unspecified atom stereocenters. The van der Waals surface area contributed by atoms with Gasteiger partial charge < -0.3 is 10.4 Å². The zero-order chi connectivity index (χ0) is 14.5. The Kier molecular flexibility index (Phi) is 5.57. The molecule has 20 heavy (non-hydrogen) atoms. The molecule has 1 saturated heterocycles. The monoisotopic (exact) mass is 340 g/mol. The van der Waals surface area contributed by atoms with Crippen LogP contribution in [0.25, 0.3) is 0 Å². The smallest absolute Gasteiger partial charge is 0.335 e. The van der Waals surface area contributed by atoms with Crippen molar-refractivity contribution in [2.24, 2.45) is 0 Å². The van der Waals surface area contributed by atoms with Gasteiger partial charge in [-0.05, 0) is 43.6 Å². The van der Waals surface area contributed by atoms with Gasteiger partial charge in [0.25, 0.3) is 0 Å². The molecule has 2 N–H and O–H groups in total. The third-order valence-corrected chi connectivity index (χ3v) is 4.64. The number of nitrogens with one attached hydrogen (secondary N) is 1. The second-order valence-electron chi connectivity index (χ2n) is 5.17. The molecular formula is C15H21BrN2O2. The molecule has 0 amide bonds. The average molecular weight is 341 g/mol. The van der Waals surface area contributed by atoms with Crippen LogP contribution in [0.2, 0.25) is 0 Å². The molecule has 0 aliphatic carbocycles. The van der Waals surface area contributed by atoms with Crippen molar-refractivity contribution in [3.8, 4) is 0 Å². The molecular weight excluding hydrogens is 320 g/mol. The minimum atomic E-state index is -0.894. The van der Waals surface area contributed by atoms with Crippen LogP contribution in [-0.2, 0) is 6.54 Å². The van der Waals surface area contributed by atoms with Crippen molar-refractivity contribution in [2.45, 2.75) is 32.4 Å². The van der Waals surface area contributed by atoms with E-state index in [1.54, 1.807) is 12.1 Å². The lowest BCUT2D eigenvalue weighted by atomic mass is 10.1. The van der Waals surface area contributed by atoms with Gasteiger partial charge in [0.1, 0.15) is 0 Å². The third-order valence-electron chi connectivity index (χ3n) is 3.90. The van der Waals surface area contributed by atoms with Crippen molar-refractivity contribution in [3.05, 3.63) is 33.8 Å². The number of carbonyl (C=O) groups is 1. The molecule has 0 spiro atoms. The minimum Gasteiger partial charge on any atom is -0.478 e. The van der Waals surface area contributed by atoms with Crippen molar-refractivity contribution in [1.29, 1.82) is 0 Å². The van der Waals surface area contributed by atoms with Crippen LogP contribution >= 0.6 is 15.9 Å². The first-order valence-electron chi connectivity index (χ1n) is 7.08. The molecule has 2 rings (SSSR count). The highest BCUT2D eigenvalue weighted by Gasteiger charge is 2.22. The van der Waals surface area contributed by atoms with Gasteiger partial charge in [0.15, 0.2) is 0 Å². The highest BCUT2D eigenvalue weighted by molar-refractivity contribution is 9.10. The number of hydrogen-bond donors (Lipinski definition) is 2. The quantitative estimate of drug-likeness (QED) is 0.835. The van der Waals surface area contributed by atoms with Crippen molar-refractivity contribution < 1.29 is 9.90 Å². The Morgan fingerprint density at radius 3 is 3.00 bits per heavy atom. The first-order valence-corrected chi connectivity index (χ1v) is 7.87.